The fraction of sp³-hybridized carbons (Fsp3) is 0.250. The van der Waals surface area contributed by atoms with Crippen molar-refractivity contribution in [2.75, 3.05) is 11.9 Å². The first-order valence-corrected chi connectivity index (χ1v) is 5.05. The van der Waals surface area contributed by atoms with Crippen LogP contribution in [0.2, 0.25) is 0 Å². The van der Waals surface area contributed by atoms with Gasteiger partial charge < -0.3 is 16.2 Å². The van der Waals surface area contributed by atoms with Gasteiger partial charge in [0, 0.05) is 12.2 Å². The van der Waals surface area contributed by atoms with Crippen molar-refractivity contribution in [3.63, 3.8) is 0 Å². The lowest BCUT2D eigenvalue weighted by atomic mass is 10.1. The zero-order valence-corrected chi connectivity index (χ0v) is 11.5. The highest BCUT2D eigenvalue weighted by Gasteiger charge is 2.11. The first-order valence-electron chi connectivity index (χ1n) is 5.05. The Hall–Kier alpha value is -1.23. The van der Waals surface area contributed by atoms with Gasteiger partial charge in [-0.25, -0.2) is 0 Å². The van der Waals surface area contributed by atoms with Crippen LogP contribution in [0.3, 0.4) is 0 Å². The highest BCUT2D eigenvalue weighted by atomic mass is 35.5. The summed E-state index contributed by atoms with van der Waals surface area (Å²) in [6, 6.07) is 6.69. The van der Waals surface area contributed by atoms with E-state index < -0.39 is 12.0 Å². The van der Waals surface area contributed by atoms with Gasteiger partial charge in [-0.1, -0.05) is 18.2 Å². The van der Waals surface area contributed by atoms with Crippen LogP contribution in [-0.2, 0) is 11.2 Å². The number of aliphatic carboxylic acids is 1. The molecule has 1 rings (SSSR count). The van der Waals surface area contributed by atoms with Crippen LogP contribution in [0.1, 0.15) is 5.56 Å². The normalized spacial score (nSPS) is 10.5. The summed E-state index contributed by atoms with van der Waals surface area (Å²) < 4.78 is 0. The van der Waals surface area contributed by atoms with Crippen molar-refractivity contribution in [1.82, 2.24) is 0 Å². The predicted molar refractivity (Wildman–Crippen MR) is 78.9 cm³/mol. The second-order valence-corrected chi connectivity index (χ2v) is 3.52. The maximum atomic E-state index is 10.6. The number of hydrogen-bond donors (Lipinski definition) is 3. The molecule has 4 N–H and O–H groups in total. The van der Waals surface area contributed by atoms with Gasteiger partial charge in [-0.05, 0) is 24.1 Å². The van der Waals surface area contributed by atoms with E-state index >= 15 is 0 Å². The van der Waals surface area contributed by atoms with Gasteiger partial charge in [-0.2, -0.15) is 0 Å². The lowest BCUT2D eigenvalue weighted by molar-refractivity contribution is -0.138. The Kier molecular flexibility index (Phi) is 10.4. The Balaban J connectivity index is 0. The van der Waals surface area contributed by atoms with E-state index in [1.165, 1.54) is 0 Å². The molecule has 6 heteroatoms. The zero-order chi connectivity index (χ0) is 12.0. The van der Waals surface area contributed by atoms with E-state index in [0.29, 0.717) is 13.0 Å². The van der Waals surface area contributed by atoms with Crippen LogP contribution in [0.25, 0.3) is 0 Å². The molecule has 0 aromatic heterocycles. The number of hydrogen-bond acceptors (Lipinski definition) is 3. The highest BCUT2D eigenvalue weighted by molar-refractivity contribution is 5.85. The Labute approximate surface area is 119 Å². The summed E-state index contributed by atoms with van der Waals surface area (Å²) in [5.74, 6) is -0.978. The first-order chi connectivity index (χ1) is 7.63. The van der Waals surface area contributed by atoms with Crippen LogP contribution < -0.4 is 11.1 Å². The van der Waals surface area contributed by atoms with Crippen LogP contribution in [0.4, 0.5) is 5.69 Å². The maximum absolute atomic E-state index is 10.6. The van der Waals surface area contributed by atoms with Crippen LogP contribution in [-0.4, -0.2) is 23.7 Å². The third-order valence-electron chi connectivity index (χ3n) is 2.18. The molecule has 0 radical (unpaired) electrons. The molecule has 0 amide bonds. The van der Waals surface area contributed by atoms with Crippen LogP contribution in [0, 0.1) is 0 Å². The number of nitrogens with two attached hydrogens (primary N) is 1. The van der Waals surface area contributed by atoms with Crippen LogP contribution in [0.15, 0.2) is 36.9 Å². The molecule has 0 bridgehead atoms. The second-order valence-electron chi connectivity index (χ2n) is 3.52. The average molecular weight is 293 g/mol. The molecule has 1 aromatic carbocycles. The fourth-order valence-corrected chi connectivity index (χ4v) is 1.29. The average Bonchev–Trinajstić information content (AvgIpc) is 2.28. The lowest BCUT2D eigenvalue weighted by Crippen LogP contribution is -2.32. The zero-order valence-electron chi connectivity index (χ0n) is 9.83. The van der Waals surface area contributed by atoms with E-state index in [1.54, 1.807) is 6.08 Å². The standard InChI is InChI=1S/C12H16N2O2.2ClH/c1-2-7-14-10-5-3-9(4-6-10)8-11(13)12(15)16;;/h2-6,11,14H,1,7-8,13H2,(H,15,16);2*1H. The Morgan fingerprint density at radius 2 is 1.94 bits per heavy atom. The fourth-order valence-electron chi connectivity index (χ4n) is 1.29. The summed E-state index contributed by atoms with van der Waals surface area (Å²) in [7, 11) is 0. The summed E-state index contributed by atoms with van der Waals surface area (Å²) >= 11 is 0. The van der Waals surface area contributed by atoms with Gasteiger partial charge in [0.1, 0.15) is 6.04 Å². The number of rotatable bonds is 6. The number of carboxylic acid groups (broad SMARTS) is 1. The molecule has 4 nitrogen and oxygen atoms in total. The minimum absolute atomic E-state index is 0. The van der Waals surface area contributed by atoms with Gasteiger partial charge in [0.05, 0.1) is 0 Å². The molecule has 1 unspecified atom stereocenters. The van der Waals surface area contributed by atoms with Crippen molar-refractivity contribution in [3.05, 3.63) is 42.5 Å². The minimum atomic E-state index is -0.978. The largest absolute Gasteiger partial charge is 0.480 e. The number of halogens is 2. The summed E-state index contributed by atoms with van der Waals surface area (Å²) in [6.07, 6.45) is 2.12. The molecule has 102 valence electrons. The van der Waals surface area contributed by atoms with Gasteiger partial charge >= 0.3 is 5.97 Å². The van der Waals surface area contributed by atoms with Crippen molar-refractivity contribution >= 4 is 36.5 Å². The third-order valence-corrected chi connectivity index (χ3v) is 2.18. The summed E-state index contributed by atoms with van der Waals surface area (Å²) in [5, 5.41) is 11.8. The summed E-state index contributed by atoms with van der Waals surface area (Å²) in [4.78, 5) is 10.6. The molecule has 0 aliphatic heterocycles. The minimum Gasteiger partial charge on any atom is -0.480 e. The van der Waals surface area contributed by atoms with Crippen LogP contribution in [0.5, 0.6) is 0 Å². The van der Waals surface area contributed by atoms with Crippen molar-refractivity contribution in [2.24, 2.45) is 5.73 Å². The molecular weight excluding hydrogens is 275 g/mol. The van der Waals surface area contributed by atoms with Gasteiger partial charge in [0.25, 0.3) is 0 Å². The predicted octanol–water partition coefficient (Wildman–Crippen LogP) is 2.08. The van der Waals surface area contributed by atoms with E-state index in [2.05, 4.69) is 11.9 Å². The van der Waals surface area contributed by atoms with Crippen molar-refractivity contribution in [3.8, 4) is 0 Å². The van der Waals surface area contributed by atoms with Crippen molar-refractivity contribution < 1.29 is 9.90 Å². The van der Waals surface area contributed by atoms with E-state index in [-0.39, 0.29) is 24.8 Å². The van der Waals surface area contributed by atoms with E-state index in [1.807, 2.05) is 24.3 Å². The lowest BCUT2D eigenvalue weighted by Gasteiger charge is -2.08. The maximum Gasteiger partial charge on any atom is 0.320 e. The Bertz CT molecular complexity index is 369. The molecule has 0 saturated heterocycles. The van der Waals surface area contributed by atoms with Gasteiger partial charge in [-0.15, -0.1) is 31.4 Å². The molecule has 0 aliphatic carbocycles. The van der Waals surface area contributed by atoms with E-state index in [9.17, 15) is 4.79 Å². The highest BCUT2D eigenvalue weighted by Crippen LogP contribution is 2.10. The topological polar surface area (TPSA) is 75.3 Å². The van der Waals surface area contributed by atoms with Crippen molar-refractivity contribution in [1.29, 1.82) is 0 Å². The molecule has 1 aromatic rings. The SMILES string of the molecule is C=CCNc1ccc(CC(N)C(=O)O)cc1.Cl.Cl. The Morgan fingerprint density at radius 3 is 2.39 bits per heavy atom. The number of carbonyl (C=O) groups is 1. The van der Waals surface area contributed by atoms with Gasteiger partial charge in [-0.3, -0.25) is 4.79 Å². The molecule has 0 spiro atoms. The van der Waals surface area contributed by atoms with Gasteiger partial charge in [0.2, 0.25) is 0 Å². The smallest absolute Gasteiger partial charge is 0.320 e. The quantitative estimate of drug-likeness (QED) is 0.702. The molecule has 0 saturated carbocycles. The van der Waals surface area contributed by atoms with Crippen molar-refractivity contribution in [2.45, 2.75) is 12.5 Å². The number of carboxylic acids is 1. The first kappa shape index (κ1) is 19.1. The number of benzene rings is 1. The number of nitrogens with one attached hydrogen (secondary N) is 1. The van der Waals surface area contributed by atoms with Gasteiger partial charge in [0.15, 0.2) is 0 Å². The number of anilines is 1. The van der Waals surface area contributed by atoms with Crippen LogP contribution >= 0.6 is 24.8 Å². The third kappa shape index (κ3) is 6.49. The summed E-state index contributed by atoms with van der Waals surface area (Å²) in [5.41, 5.74) is 7.33. The Morgan fingerprint density at radius 1 is 1.39 bits per heavy atom. The molecule has 0 aliphatic rings. The molecule has 0 heterocycles. The van der Waals surface area contributed by atoms with E-state index in [0.717, 1.165) is 11.3 Å². The molecular formula is C12H18Cl2N2O2. The monoisotopic (exact) mass is 292 g/mol. The van der Waals surface area contributed by atoms with E-state index in [4.69, 9.17) is 10.8 Å². The summed E-state index contributed by atoms with van der Waals surface area (Å²) in [6.45, 7) is 4.31. The molecule has 1 atom stereocenters. The molecule has 0 fully saturated rings. The second kappa shape index (κ2) is 9.76. The molecule has 18 heavy (non-hydrogen) atoms.